The molecule has 0 fully saturated rings. The number of alkyl halides is 3. The van der Waals surface area contributed by atoms with E-state index in [1.165, 1.54) is 7.11 Å². The minimum atomic E-state index is -4.88. The molecular formula is C18H17F3O5S. The Balaban J connectivity index is 2.99. The lowest BCUT2D eigenvalue weighted by molar-refractivity contribution is -0.139. The van der Waals surface area contributed by atoms with Gasteiger partial charge in [-0.25, -0.2) is 8.42 Å². The van der Waals surface area contributed by atoms with Crippen molar-refractivity contribution in [2.24, 2.45) is 0 Å². The van der Waals surface area contributed by atoms with Crippen LogP contribution >= 0.6 is 0 Å². The highest BCUT2D eigenvalue weighted by Crippen LogP contribution is 2.43. The lowest BCUT2D eigenvalue weighted by Crippen LogP contribution is -2.18. The topological polar surface area (TPSA) is 80.7 Å². The molecule has 1 N–H and O–H groups in total. The van der Waals surface area contributed by atoms with Crippen LogP contribution in [0.5, 0.6) is 5.75 Å². The number of methoxy groups -OCH3 is 1. The summed E-state index contributed by atoms with van der Waals surface area (Å²) >= 11 is 0. The number of sulfone groups is 1. The predicted molar refractivity (Wildman–Crippen MR) is 93.3 cm³/mol. The number of carbonyl (C=O) groups is 1. The van der Waals surface area contributed by atoms with Crippen molar-refractivity contribution in [3.8, 4) is 16.9 Å². The lowest BCUT2D eigenvalue weighted by atomic mass is 9.89. The molecule has 0 bridgehead atoms. The quantitative estimate of drug-likeness (QED) is 0.799. The summed E-state index contributed by atoms with van der Waals surface area (Å²) in [6, 6.07) is 8.84. The number of halogens is 3. The van der Waals surface area contributed by atoms with Gasteiger partial charge in [-0.05, 0) is 22.8 Å². The zero-order valence-electron chi connectivity index (χ0n) is 14.5. The van der Waals surface area contributed by atoms with Gasteiger partial charge in [-0.3, -0.25) is 4.79 Å². The fourth-order valence-corrected chi connectivity index (χ4v) is 3.71. The summed E-state index contributed by atoms with van der Waals surface area (Å²) in [5, 5.41) is 9.12. The van der Waals surface area contributed by atoms with Crippen molar-refractivity contribution in [2.45, 2.75) is 18.3 Å². The third-order valence-corrected chi connectivity index (χ3v) is 4.65. The largest absolute Gasteiger partial charge is 0.496 e. The fourth-order valence-electron chi connectivity index (χ4n) is 2.86. The molecular weight excluding hydrogens is 385 g/mol. The van der Waals surface area contributed by atoms with E-state index in [1.807, 2.05) is 0 Å². The van der Waals surface area contributed by atoms with E-state index in [9.17, 15) is 26.4 Å². The highest BCUT2D eigenvalue weighted by Gasteiger charge is 2.37. The van der Waals surface area contributed by atoms with Crippen LogP contribution in [0.2, 0.25) is 0 Å². The van der Waals surface area contributed by atoms with Crippen LogP contribution in [-0.4, -0.2) is 32.9 Å². The van der Waals surface area contributed by atoms with E-state index in [4.69, 9.17) is 9.84 Å². The van der Waals surface area contributed by atoms with Crippen molar-refractivity contribution in [1.82, 2.24) is 0 Å². The van der Waals surface area contributed by atoms with Crippen LogP contribution in [0.25, 0.3) is 11.1 Å². The molecule has 5 nitrogen and oxygen atoms in total. The van der Waals surface area contributed by atoms with Gasteiger partial charge in [-0.1, -0.05) is 30.3 Å². The first kappa shape index (κ1) is 20.8. The number of hydrogen-bond acceptors (Lipinski definition) is 4. The average molecular weight is 402 g/mol. The molecule has 0 heterocycles. The molecule has 27 heavy (non-hydrogen) atoms. The van der Waals surface area contributed by atoms with Crippen molar-refractivity contribution in [1.29, 1.82) is 0 Å². The Labute approximate surface area is 154 Å². The molecule has 0 saturated carbocycles. The van der Waals surface area contributed by atoms with Crippen LogP contribution in [0.4, 0.5) is 13.2 Å². The number of ether oxygens (including phenoxy) is 1. The summed E-state index contributed by atoms with van der Waals surface area (Å²) in [7, 11) is -2.60. The van der Waals surface area contributed by atoms with E-state index < -0.39 is 45.3 Å². The number of carboxylic acid groups (broad SMARTS) is 1. The summed E-state index contributed by atoms with van der Waals surface area (Å²) in [5.74, 6) is -2.43. The first-order chi connectivity index (χ1) is 12.4. The number of rotatable bonds is 6. The Morgan fingerprint density at radius 1 is 1.15 bits per heavy atom. The molecule has 0 unspecified atom stereocenters. The van der Waals surface area contributed by atoms with Gasteiger partial charge in [0.25, 0.3) is 0 Å². The Hall–Kier alpha value is -2.55. The predicted octanol–water partition coefficient (Wildman–Crippen LogP) is 3.55. The maximum Gasteiger partial charge on any atom is 0.416 e. The van der Waals surface area contributed by atoms with Crippen LogP contribution < -0.4 is 4.74 Å². The summed E-state index contributed by atoms with van der Waals surface area (Å²) in [4.78, 5) is 11.2. The Bertz CT molecular complexity index is 951. The molecule has 0 amide bonds. The second kappa shape index (κ2) is 7.59. The number of benzene rings is 2. The minimum Gasteiger partial charge on any atom is -0.496 e. The van der Waals surface area contributed by atoms with Gasteiger partial charge in [-0.15, -0.1) is 0 Å². The standard InChI is InChI=1S/C18H17F3O5S/c1-26-15-9-14(18(19,20)21)12(8-16(22)23)13(10-27(2,24)25)17(15)11-6-4-3-5-7-11/h3-7,9H,8,10H2,1-2H3,(H,22,23). The summed E-state index contributed by atoms with van der Waals surface area (Å²) in [5.41, 5.74) is -1.47. The highest BCUT2D eigenvalue weighted by molar-refractivity contribution is 7.89. The molecule has 0 aromatic heterocycles. The van der Waals surface area contributed by atoms with Gasteiger partial charge in [-0.2, -0.15) is 13.2 Å². The van der Waals surface area contributed by atoms with Gasteiger partial charge in [0.1, 0.15) is 5.75 Å². The molecule has 0 aliphatic rings. The summed E-state index contributed by atoms with van der Waals surface area (Å²) in [6.45, 7) is 0. The van der Waals surface area contributed by atoms with E-state index in [0.717, 1.165) is 6.26 Å². The van der Waals surface area contributed by atoms with Gasteiger partial charge < -0.3 is 9.84 Å². The van der Waals surface area contributed by atoms with Crippen molar-refractivity contribution < 1.29 is 36.2 Å². The van der Waals surface area contributed by atoms with Crippen molar-refractivity contribution >= 4 is 15.8 Å². The first-order valence-corrected chi connectivity index (χ1v) is 9.75. The maximum atomic E-state index is 13.6. The third kappa shape index (κ3) is 5.00. The summed E-state index contributed by atoms with van der Waals surface area (Å²) in [6.07, 6.45) is -4.97. The number of aliphatic carboxylic acids is 1. The van der Waals surface area contributed by atoms with E-state index in [1.54, 1.807) is 30.3 Å². The van der Waals surface area contributed by atoms with E-state index in [2.05, 4.69) is 0 Å². The van der Waals surface area contributed by atoms with Gasteiger partial charge in [0.05, 0.1) is 24.8 Å². The Morgan fingerprint density at radius 3 is 2.19 bits per heavy atom. The molecule has 0 atom stereocenters. The molecule has 0 saturated heterocycles. The molecule has 9 heteroatoms. The average Bonchev–Trinajstić information content (AvgIpc) is 2.54. The lowest BCUT2D eigenvalue weighted by Gasteiger charge is -2.22. The van der Waals surface area contributed by atoms with Gasteiger partial charge in [0, 0.05) is 11.8 Å². The smallest absolute Gasteiger partial charge is 0.416 e. The van der Waals surface area contributed by atoms with Gasteiger partial charge in [0.15, 0.2) is 9.84 Å². The first-order valence-electron chi connectivity index (χ1n) is 7.69. The fraction of sp³-hybridized carbons (Fsp3) is 0.278. The van der Waals surface area contributed by atoms with Gasteiger partial charge >= 0.3 is 12.1 Å². The molecule has 0 spiro atoms. The monoisotopic (exact) mass is 402 g/mol. The van der Waals surface area contributed by atoms with E-state index in [-0.39, 0.29) is 16.9 Å². The second-order valence-corrected chi connectivity index (χ2v) is 8.10. The third-order valence-electron chi connectivity index (χ3n) is 3.84. The number of hydrogen-bond donors (Lipinski definition) is 1. The van der Waals surface area contributed by atoms with Crippen LogP contribution in [0.3, 0.4) is 0 Å². The molecule has 0 aliphatic heterocycles. The van der Waals surface area contributed by atoms with Gasteiger partial charge in [0.2, 0.25) is 0 Å². The van der Waals surface area contributed by atoms with E-state index >= 15 is 0 Å². The molecule has 0 radical (unpaired) electrons. The van der Waals surface area contributed by atoms with Crippen molar-refractivity contribution in [3.05, 3.63) is 53.1 Å². The zero-order chi connectivity index (χ0) is 20.4. The molecule has 2 aromatic rings. The van der Waals surface area contributed by atoms with Crippen LogP contribution in [0.1, 0.15) is 16.7 Å². The van der Waals surface area contributed by atoms with Crippen molar-refractivity contribution in [3.63, 3.8) is 0 Å². The minimum absolute atomic E-state index is 0.132. The molecule has 2 rings (SSSR count). The number of carboxylic acids is 1. The van der Waals surface area contributed by atoms with Crippen LogP contribution in [0.15, 0.2) is 36.4 Å². The molecule has 146 valence electrons. The normalized spacial score (nSPS) is 12.0. The maximum absolute atomic E-state index is 13.6. The van der Waals surface area contributed by atoms with Crippen LogP contribution in [0, 0.1) is 0 Å². The molecule has 2 aromatic carbocycles. The molecule has 0 aliphatic carbocycles. The SMILES string of the molecule is COc1cc(C(F)(F)F)c(CC(=O)O)c(CS(C)(=O)=O)c1-c1ccccc1. The second-order valence-electron chi connectivity index (χ2n) is 5.96. The Morgan fingerprint density at radius 2 is 1.74 bits per heavy atom. The van der Waals surface area contributed by atoms with E-state index in [0.29, 0.717) is 11.6 Å². The summed E-state index contributed by atoms with van der Waals surface area (Å²) < 4.78 is 69.6. The van der Waals surface area contributed by atoms with Crippen LogP contribution in [-0.2, 0) is 33.0 Å². The zero-order valence-corrected chi connectivity index (χ0v) is 15.3. The Kier molecular flexibility index (Phi) is 5.84. The van der Waals surface area contributed by atoms with Crippen molar-refractivity contribution in [2.75, 3.05) is 13.4 Å². The highest BCUT2D eigenvalue weighted by atomic mass is 32.2.